The van der Waals surface area contributed by atoms with Crippen LogP contribution in [0.3, 0.4) is 0 Å². The topological polar surface area (TPSA) is 82.0 Å². The molecule has 0 aromatic heterocycles. The first-order valence-electron chi connectivity index (χ1n) is 12.6. The van der Waals surface area contributed by atoms with Crippen LogP contribution in [0, 0.1) is 0 Å². The molecule has 1 aliphatic rings. The van der Waals surface area contributed by atoms with E-state index in [9.17, 15) is 14.7 Å². The second-order valence-electron chi connectivity index (χ2n) is 9.14. The molecular formula is C30H33N3O3. The number of benzene rings is 3. The molecule has 1 fully saturated rings. The van der Waals surface area contributed by atoms with Crippen molar-refractivity contribution in [2.75, 3.05) is 11.9 Å². The van der Waals surface area contributed by atoms with Crippen LogP contribution < -0.4 is 5.32 Å². The summed E-state index contributed by atoms with van der Waals surface area (Å²) in [5.41, 5.74) is 3.92. The normalized spacial score (nSPS) is 17.0. The third-order valence-electron chi connectivity index (χ3n) is 6.51. The lowest BCUT2D eigenvalue weighted by molar-refractivity contribution is -0.138. The lowest BCUT2D eigenvalue weighted by Crippen LogP contribution is -2.39. The van der Waals surface area contributed by atoms with Crippen molar-refractivity contribution in [2.24, 2.45) is 4.99 Å². The molecule has 2 N–H and O–H groups in total. The highest BCUT2D eigenvalue weighted by molar-refractivity contribution is 6.17. The van der Waals surface area contributed by atoms with E-state index in [0.29, 0.717) is 29.8 Å². The highest BCUT2D eigenvalue weighted by atomic mass is 16.4. The maximum atomic E-state index is 13.5. The molecule has 0 unspecified atom stereocenters. The number of nitrogens with one attached hydrogen (secondary N) is 1. The van der Waals surface area contributed by atoms with Gasteiger partial charge in [-0.1, -0.05) is 92.2 Å². The fourth-order valence-corrected chi connectivity index (χ4v) is 4.71. The second kappa shape index (κ2) is 12.3. The van der Waals surface area contributed by atoms with E-state index in [4.69, 9.17) is 4.99 Å². The van der Waals surface area contributed by atoms with Crippen LogP contribution in [-0.4, -0.2) is 46.2 Å². The van der Waals surface area contributed by atoms with Gasteiger partial charge in [-0.05, 0) is 37.4 Å². The first-order chi connectivity index (χ1) is 17.6. The van der Waals surface area contributed by atoms with E-state index in [1.54, 1.807) is 0 Å². The summed E-state index contributed by atoms with van der Waals surface area (Å²) < 4.78 is 0. The zero-order chi connectivity index (χ0) is 25.3. The lowest BCUT2D eigenvalue weighted by atomic mass is 9.99. The standard InChI is InChI=1S/C30H33N3O3/c1-2-12-26(30(35)36)31-28(23-15-7-4-8-16-23)24-17-9-10-18-25(24)32-29(34)27-19-11-20-33(27)21-22-13-5-3-6-14-22/h3-10,13-18,26-27H,2,11-12,19-21H2,1H3,(H,32,34)(H,35,36)/t26-,27-/m0/s1. The Kier molecular flexibility index (Phi) is 8.63. The zero-order valence-electron chi connectivity index (χ0n) is 20.6. The van der Waals surface area contributed by atoms with Gasteiger partial charge in [0, 0.05) is 17.7 Å². The quantitative estimate of drug-likeness (QED) is 0.379. The summed E-state index contributed by atoms with van der Waals surface area (Å²) in [6, 6.07) is 26.2. The lowest BCUT2D eigenvalue weighted by Gasteiger charge is -2.24. The van der Waals surface area contributed by atoms with Gasteiger partial charge in [-0.3, -0.25) is 14.7 Å². The molecule has 0 spiro atoms. The Bertz CT molecular complexity index is 1190. The number of carbonyl (C=O) groups excluding carboxylic acids is 1. The van der Waals surface area contributed by atoms with E-state index in [1.807, 2.05) is 79.7 Å². The number of anilines is 1. The number of carboxylic acids is 1. The van der Waals surface area contributed by atoms with Crippen LogP contribution >= 0.6 is 0 Å². The van der Waals surface area contributed by atoms with E-state index >= 15 is 0 Å². The number of nitrogens with zero attached hydrogens (tertiary/aromatic N) is 2. The molecule has 0 bridgehead atoms. The van der Waals surface area contributed by atoms with Crippen molar-refractivity contribution in [1.29, 1.82) is 0 Å². The van der Waals surface area contributed by atoms with Gasteiger partial charge in [0.15, 0.2) is 0 Å². The van der Waals surface area contributed by atoms with Crippen molar-refractivity contribution in [2.45, 2.75) is 51.2 Å². The Morgan fingerprint density at radius 1 is 1.00 bits per heavy atom. The molecule has 186 valence electrons. The number of amides is 1. The van der Waals surface area contributed by atoms with Crippen LogP contribution in [-0.2, 0) is 16.1 Å². The maximum absolute atomic E-state index is 13.5. The molecule has 1 aliphatic heterocycles. The molecule has 0 radical (unpaired) electrons. The molecule has 4 rings (SSSR count). The number of carbonyl (C=O) groups is 2. The Labute approximate surface area is 212 Å². The predicted molar refractivity (Wildman–Crippen MR) is 143 cm³/mol. The van der Waals surface area contributed by atoms with E-state index < -0.39 is 12.0 Å². The van der Waals surface area contributed by atoms with Crippen molar-refractivity contribution in [3.05, 3.63) is 102 Å². The fraction of sp³-hybridized carbons (Fsp3) is 0.300. The molecule has 0 aliphatic carbocycles. The maximum Gasteiger partial charge on any atom is 0.328 e. The Hall–Kier alpha value is -3.77. The fourth-order valence-electron chi connectivity index (χ4n) is 4.71. The summed E-state index contributed by atoms with van der Waals surface area (Å²) in [6.07, 6.45) is 2.93. The number of hydrogen-bond donors (Lipinski definition) is 2. The van der Waals surface area contributed by atoms with E-state index in [1.165, 1.54) is 5.56 Å². The Morgan fingerprint density at radius 2 is 1.67 bits per heavy atom. The van der Waals surface area contributed by atoms with Gasteiger partial charge in [-0.2, -0.15) is 0 Å². The summed E-state index contributed by atoms with van der Waals surface area (Å²) in [7, 11) is 0. The highest BCUT2D eigenvalue weighted by Gasteiger charge is 2.31. The van der Waals surface area contributed by atoms with E-state index in [0.717, 1.165) is 31.5 Å². The van der Waals surface area contributed by atoms with Gasteiger partial charge in [0.2, 0.25) is 5.91 Å². The molecule has 36 heavy (non-hydrogen) atoms. The minimum Gasteiger partial charge on any atom is -0.480 e. The highest BCUT2D eigenvalue weighted by Crippen LogP contribution is 2.25. The summed E-state index contributed by atoms with van der Waals surface area (Å²) in [6.45, 7) is 3.56. The smallest absolute Gasteiger partial charge is 0.328 e. The van der Waals surface area contributed by atoms with Crippen LogP contribution in [0.25, 0.3) is 0 Å². The molecule has 3 aromatic carbocycles. The van der Waals surface area contributed by atoms with Crippen LogP contribution in [0.2, 0.25) is 0 Å². The van der Waals surface area contributed by atoms with Gasteiger partial charge in [0.05, 0.1) is 17.4 Å². The number of aliphatic carboxylic acids is 1. The number of aliphatic imine (C=N–C) groups is 1. The first-order valence-corrected chi connectivity index (χ1v) is 12.6. The van der Waals surface area contributed by atoms with Gasteiger partial charge in [-0.15, -0.1) is 0 Å². The molecule has 3 aromatic rings. The van der Waals surface area contributed by atoms with Crippen molar-refractivity contribution in [1.82, 2.24) is 4.90 Å². The number of para-hydroxylation sites is 1. The molecule has 2 atom stereocenters. The van der Waals surface area contributed by atoms with Crippen LogP contribution in [0.5, 0.6) is 0 Å². The predicted octanol–water partition coefficient (Wildman–Crippen LogP) is 5.38. The Morgan fingerprint density at radius 3 is 2.36 bits per heavy atom. The molecule has 1 amide bonds. The third kappa shape index (κ3) is 6.26. The third-order valence-corrected chi connectivity index (χ3v) is 6.51. The number of carboxylic acid groups (broad SMARTS) is 1. The molecule has 6 nitrogen and oxygen atoms in total. The van der Waals surface area contributed by atoms with E-state index in [2.05, 4.69) is 22.3 Å². The van der Waals surface area contributed by atoms with E-state index in [-0.39, 0.29) is 11.9 Å². The van der Waals surface area contributed by atoms with Gasteiger partial charge in [0.1, 0.15) is 6.04 Å². The molecule has 6 heteroatoms. The summed E-state index contributed by atoms with van der Waals surface area (Å²) in [5.74, 6) is -0.999. The number of hydrogen-bond acceptors (Lipinski definition) is 4. The van der Waals surface area contributed by atoms with Crippen LogP contribution in [0.1, 0.15) is 49.3 Å². The van der Waals surface area contributed by atoms with Crippen molar-refractivity contribution < 1.29 is 14.7 Å². The molecule has 0 saturated carbocycles. The van der Waals surface area contributed by atoms with Gasteiger partial charge in [0.25, 0.3) is 0 Å². The minimum atomic E-state index is -0.950. The zero-order valence-corrected chi connectivity index (χ0v) is 20.6. The largest absolute Gasteiger partial charge is 0.480 e. The minimum absolute atomic E-state index is 0.0494. The first kappa shape index (κ1) is 25.3. The van der Waals surface area contributed by atoms with Crippen LogP contribution in [0.4, 0.5) is 5.69 Å². The van der Waals surface area contributed by atoms with Crippen molar-refractivity contribution >= 4 is 23.3 Å². The van der Waals surface area contributed by atoms with Gasteiger partial charge < -0.3 is 10.4 Å². The molecule has 1 heterocycles. The summed E-state index contributed by atoms with van der Waals surface area (Å²) in [5, 5.41) is 12.9. The average Bonchev–Trinajstić information content (AvgIpc) is 3.36. The monoisotopic (exact) mass is 483 g/mol. The summed E-state index contributed by atoms with van der Waals surface area (Å²) >= 11 is 0. The second-order valence-corrected chi connectivity index (χ2v) is 9.14. The summed E-state index contributed by atoms with van der Waals surface area (Å²) in [4.78, 5) is 32.3. The number of likely N-dealkylation sites (tertiary alicyclic amines) is 1. The van der Waals surface area contributed by atoms with Gasteiger partial charge >= 0.3 is 5.97 Å². The number of rotatable bonds is 10. The molecular weight excluding hydrogens is 450 g/mol. The van der Waals surface area contributed by atoms with Gasteiger partial charge in [-0.25, -0.2) is 4.79 Å². The SMILES string of the molecule is CCC[C@H](N=C(c1ccccc1)c1ccccc1NC(=O)[C@@H]1CCCN1Cc1ccccc1)C(=O)O. The Balaban J connectivity index is 1.63. The molecule has 1 saturated heterocycles. The van der Waals surface area contributed by atoms with Crippen LogP contribution in [0.15, 0.2) is 89.9 Å². The van der Waals surface area contributed by atoms with Crippen molar-refractivity contribution in [3.8, 4) is 0 Å². The van der Waals surface area contributed by atoms with Crippen molar-refractivity contribution in [3.63, 3.8) is 0 Å². The average molecular weight is 484 g/mol.